The molecule has 0 amide bonds. The molecule has 20 heavy (non-hydrogen) atoms. The van der Waals surface area contributed by atoms with Crippen molar-refractivity contribution in [1.82, 2.24) is 9.97 Å². The van der Waals surface area contributed by atoms with Crippen LogP contribution >= 0.6 is 11.6 Å². The average Bonchev–Trinajstić information content (AvgIpc) is 2.32. The molecule has 4 nitrogen and oxygen atoms in total. The summed E-state index contributed by atoms with van der Waals surface area (Å²) in [5.74, 6) is -1.40. The Morgan fingerprint density at radius 1 is 1.15 bits per heavy atom. The number of anilines is 3. The second-order valence-electron chi connectivity index (χ2n) is 3.74. The van der Waals surface area contributed by atoms with Gasteiger partial charge < -0.3 is 11.1 Å². The van der Waals surface area contributed by atoms with Gasteiger partial charge in [-0.05, 0) is 18.2 Å². The van der Waals surface area contributed by atoms with Gasteiger partial charge in [-0.3, -0.25) is 0 Å². The van der Waals surface area contributed by atoms with Gasteiger partial charge in [-0.1, -0.05) is 11.6 Å². The molecule has 0 aliphatic carbocycles. The number of nitrogens with two attached hydrogens (primary N) is 1. The first-order valence-electron chi connectivity index (χ1n) is 5.19. The molecule has 0 fully saturated rings. The lowest BCUT2D eigenvalue weighted by Crippen LogP contribution is -2.12. The van der Waals surface area contributed by atoms with Crippen LogP contribution in [0.25, 0.3) is 0 Å². The van der Waals surface area contributed by atoms with E-state index in [4.69, 9.17) is 17.3 Å². The highest BCUT2D eigenvalue weighted by atomic mass is 35.5. The summed E-state index contributed by atoms with van der Waals surface area (Å²) in [6, 6.07) is 4.04. The molecule has 9 heteroatoms. The number of alkyl halides is 3. The summed E-state index contributed by atoms with van der Waals surface area (Å²) in [7, 11) is 0. The van der Waals surface area contributed by atoms with E-state index in [2.05, 4.69) is 15.3 Å². The standard InChI is InChI=1S/C11H7ClF4N4/c12-6-2-1-5(13)3-7(6)18-9-4-8(11(14,15)16)19-10(17)20-9/h1-4H,(H3,17,18,19,20). The number of nitrogens with one attached hydrogen (secondary N) is 1. The number of benzene rings is 1. The van der Waals surface area contributed by atoms with Gasteiger partial charge in [0.25, 0.3) is 0 Å². The highest BCUT2D eigenvalue weighted by Gasteiger charge is 2.33. The van der Waals surface area contributed by atoms with Crippen molar-refractivity contribution in [1.29, 1.82) is 0 Å². The van der Waals surface area contributed by atoms with Crippen molar-refractivity contribution in [3.05, 3.63) is 40.8 Å². The molecule has 0 unspecified atom stereocenters. The normalized spacial score (nSPS) is 11.4. The zero-order chi connectivity index (χ0) is 14.9. The number of hydrogen-bond acceptors (Lipinski definition) is 4. The van der Waals surface area contributed by atoms with Crippen LogP contribution in [0.2, 0.25) is 5.02 Å². The minimum atomic E-state index is -4.67. The zero-order valence-electron chi connectivity index (χ0n) is 9.67. The summed E-state index contributed by atoms with van der Waals surface area (Å²) in [5, 5.41) is 2.59. The van der Waals surface area contributed by atoms with Crippen molar-refractivity contribution in [3.63, 3.8) is 0 Å². The number of nitrogen functional groups attached to an aromatic ring is 1. The van der Waals surface area contributed by atoms with E-state index in [0.717, 1.165) is 12.1 Å². The molecule has 1 heterocycles. The average molecular weight is 307 g/mol. The van der Waals surface area contributed by atoms with E-state index in [-0.39, 0.29) is 16.5 Å². The lowest BCUT2D eigenvalue weighted by Gasteiger charge is -2.11. The minimum absolute atomic E-state index is 0.0675. The van der Waals surface area contributed by atoms with Gasteiger partial charge in [0.05, 0.1) is 10.7 Å². The van der Waals surface area contributed by atoms with Crippen molar-refractivity contribution in [2.45, 2.75) is 6.18 Å². The Balaban J connectivity index is 2.39. The largest absolute Gasteiger partial charge is 0.433 e. The van der Waals surface area contributed by atoms with Gasteiger partial charge in [0, 0.05) is 6.07 Å². The maximum Gasteiger partial charge on any atom is 0.433 e. The van der Waals surface area contributed by atoms with Gasteiger partial charge in [0.15, 0.2) is 5.69 Å². The molecule has 0 aliphatic heterocycles. The van der Waals surface area contributed by atoms with Crippen molar-refractivity contribution in [2.24, 2.45) is 0 Å². The molecule has 0 radical (unpaired) electrons. The van der Waals surface area contributed by atoms with Crippen LogP contribution in [0.1, 0.15) is 5.69 Å². The summed E-state index contributed by atoms with van der Waals surface area (Å²) >= 11 is 5.79. The molecule has 1 aromatic carbocycles. The fourth-order valence-electron chi connectivity index (χ4n) is 1.41. The van der Waals surface area contributed by atoms with Crippen LogP contribution in [0.5, 0.6) is 0 Å². The van der Waals surface area contributed by atoms with Gasteiger partial charge >= 0.3 is 6.18 Å². The highest BCUT2D eigenvalue weighted by Crippen LogP contribution is 2.31. The summed E-state index contributed by atoms with van der Waals surface area (Å²) in [5.41, 5.74) is 4.07. The van der Waals surface area contributed by atoms with Gasteiger partial charge in [-0.15, -0.1) is 0 Å². The predicted molar refractivity (Wildman–Crippen MR) is 66.1 cm³/mol. The predicted octanol–water partition coefficient (Wildman–Crippen LogP) is 3.61. The second-order valence-corrected chi connectivity index (χ2v) is 4.15. The molecule has 106 valence electrons. The van der Waals surface area contributed by atoms with Gasteiger partial charge in [0.2, 0.25) is 5.95 Å². The van der Waals surface area contributed by atoms with Crippen LogP contribution in [-0.2, 0) is 6.18 Å². The summed E-state index contributed by atoms with van der Waals surface area (Å²) < 4.78 is 50.8. The first-order valence-corrected chi connectivity index (χ1v) is 5.57. The molecule has 0 saturated heterocycles. The van der Waals surface area contributed by atoms with Crippen LogP contribution in [-0.4, -0.2) is 9.97 Å². The van der Waals surface area contributed by atoms with Crippen molar-refractivity contribution < 1.29 is 17.6 Å². The molecule has 3 N–H and O–H groups in total. The molecule has 0 bridgehead atoms. The van der Waals surface area contributed by atoms with Gasteiger partial charge in [-0.2, -0.15) is 18.2 Å². The molecule has 1 aromatic heterocycles. The fraction of sp³-hybridized carbons (Fsp3) is 0.0909. The van der Waals surface area contributed by atoms with E-state index in [9.17, 15) is 17.6 Å². The van der Waals surface area contributed by atoms with Crippen LogP contribution in [0.4, 0.5) is 35.0 Å². The van der Waals surface area contributed by atoms with E-state index in [1.54, 1.807) is 0 Å². The number of aromatic nitrogens is 2. The van der Waals surface area contributed by atoms with Crippen LogP contribution in [0, 0.1) is 5.82 Å². The monoisotopic (exact) mass is 306 g/mol. The maximum absolute atomic E-state index is 13.1. The Bertz CT molecular complexity index is 645. The maximum atomic E-state index is 13.1. The molecule has 0 spiro atoms. The van der Waals surface area contributed by atoms with Crippen molar-refractivity contribution >= 4 is 29.1 Å². The van der Waals surface area contributed by atoms with Crippen LogP contribution < -0.4 is 11.1 Å². The second kappa shape index (κ2) is 5.12. The van der Waals surface area contributed by atoms with Crippen molar-refractivity contribution in [3.8, 4) is 0 Å². The fourth-order valence-corrected chi connectivity index (χ4v) is 1.57. The smallest absolute Gasteiger partial charge is 0.368 e. The van der Waals surface area contributed by atoms with Crippen LogP contribution in [0.15, 0.2) is 24.3 Å². The van der Waals surface area contributed by atoms with E-state index in [1.165, 1.54) is 6.07 Å². The lowest BCUT2D eigenvalue weighted by atomic mass is 10.3. The number of halogens is 5. The Kier molecular flexibility index (Phi) is 3.67. The first kappa shape index (κ1) is 14.3. The Hall–Kier alpha value is -2.09. The molecule has 0 atom stereocenters. The molecular weight excluding hydrogens is 300 g/mol. The Morgan fingerprint density at radius 2 is 1.85 bits per heavy atom. The third kappa shape index (κ3) is 3.27. The molecule has 2 aromatic rings. The van der Waals surface area contributed by atoms with Crippen molar-refractivity contribution in [2.75, 3.05) is 11.1 Å². The Labute approximate surface area is 115 Å². The highest BCUT2D eigenvalue weighted by molar-refractivity contribution is 6.33. The third-order valence-electron chi connectivity index (χ3n) is 2.23. The Morgan fingerprint density at radius 3 is 2.50 bits per heavy atom. The summed E-state index contributed by atoms with van der Waals surface area (Å²) in [4.78, 5) is 6.67. The van der Waals surface area contributed by atoms with Gasteiger partial charge in [-0.25, -0.2) is 9.37 Å². The topological polar surface area (TPSA) is 63.8 Å². The summed E-state index contributed by atoms with van der Waals surface area (Å²) in [6.07, 6.45) is -4.67. The van der Waals surface area contributed by atoms with Crippen LogP contribution in [0.3, 0.4) is 0 Å². The molecule has 2 rings (SSSR count). The van der Waals surface area contributed by atoms with E-state index >= 15 is 0 Å². The van der Waals surface area contributed by atoms with E-state index < -0.39 is 23.6 Å². The number of hydrogen-bond donors (Lipinski definition) is 2. The first-order chi connectivity index (χ1) is 9.25. The third-order valence-corrected chi connectivity index (χ3v) is 2.55. The zero-order valence-corrected chi connectivity index (χ0v) is 10.4. The number of rotatable bonds is 2. The quantitative estimate of drug-likeness (QED) is 0.832. The van der Waals surface area contributed by atoms with E-state index in [1.807, 2.05) is 0 Å². The number of nitrogens with zero attached hydrogens (tertiary/aromatic N) is 2. The van der Waals surface area contributed by atoms with Gasteiger partial charge in [0.1, 0.15) is 11.6 Å². The molecule has 0 saturated carbocycles. The lowest BCUT2D eigenvalue weighted by molar-refractivity contribution is -0.141. The minimum Gasteiger partial charge on any atom is -0.368 e. The van der Waals surface area contributed by atoms with E-state index in [0.29, 0.717) is 6.07 Å². The molecule has 0 aliphatic rings. The molecular formula is C11H7ClF4N4. The summed E-state index contributed by atoms with van der Waals surface area (Å²) in [6.45, 7) is 0. The SMILES string of the molecule is Nc1nc(Nc2cc(F)ccc2Cl)cc(C(F)(F)F)n1.